The molecule has 3 nitrogen and oxygen atoms in total. The fraction of sp³-hybridized carbons (Fsp3) is 0.350. The second kappa shape index (κ2) is 7.42. The van der Waals surface area contributed by atoms with Gasteiger partial charge in [0.15, 0.2) is 0 Å². The summed E-state index contributed by atoms with van der Waals surface area (Å²) in [5.41, 5.74) is 3.41. The molecule has 2 aromatic rings. The van der Waals surface area contributed by atoms with Gasteiger partial charge in [-0.1, -0.05) is 48.0 Å². The minimum atomic E-state index is 0.0776. The number of benzene rings is 2. The molecule has 0 aliphatic carbocycles. The minimum absolute atomic E-state index is 0.0776. The summed E-state index contributed by atoms with van der Waals surface area (Å²) >= 11 is 0. The van der Waals surface area contributed by atoms with Crippen LogP contribution >= 0.6 is 0 Å². The van der Waals surface area contributed by atoms with Crippen molar-refractivity contribution in [1.29, 1.82) is 0 Å². The topological polar surface area (TPSA) is 32.3 Å². The van der Waals surface area contributed by atoms with E-state index in [0.29, 0.717) is 0 Å². The number of hydrogen-bond acceptors (Lipinski definition) is 2. The van der Waals surface area contributed by atoms with E-state index in [1.807, 2.05) is 37.3 Å². The zero-order chi connectivity index (χ0) is 16.1. The van der Waals surface area contributed by atoms with Crippen LogP contribution in [0.5, 0.6) is 0 Å². The third-order valence-corrected chi connectivity index (χ3v) is 4.44. The van der Waals surface area contributed by atoms with Crippen LogP contribution in [0.4, 0.5) is 5.69 Å². The largest absolute Gasteiger partial charge is 0.326 e. The highest BCUT2D eigenvalue weighted by molar-refractivity contribution is 5.92. The van der Waals surface area contributed by atoms with Crippen LogP contribution in [0.1, 0.15) is 24.0 Å². The van der Waals surface area contributed by atoms with Crippen LogP contribution in [0.2, 0.25) is 0 Å². The lowest BCUT2D eigenvalue weighted by atomic mass is 9.96. The van der Waals surface area contributed by atoms with Gasteiger partial charge in [-0.15, -0.1) is 0 Å². The highest BCUT2D eigenvalue weighted by Gasteiger charge is 2.25. The Bertz CT molecular complexity index is 636. The first-order chi connectivity index (χ1) is 11.2. The monoisotopic (exact) mass is 308 g/mol. The fourth-order valence-electron chi connectivity index (χ4n) is 3.14. The molecule has 0 bridgehead atoms. The summed E-state index contributed by atoms with van der Waals surface area (Å²) in [6.07, 6.45) is 2.06. The Morgan fingerprint density at radius 1 is 1.13 bits per heavy atom. The van der Waals surface area contributed by atoms with Gasteiger partial charge in [-0.2, -0.15) is 0 Å². The van der Waals surface area contributed by atoms with Crippen LogP contribution in [0.15, 0.2) is 54.6 Å². The SMILES string of the molecule is Cc1ccc(NC(=O)[C@H]2CCCN(Cc3ccccc3)C2)cc1. The quantitative estimate of drug-likeness (QED) is 0.930. The van der Waals surface area contributed by atoms with Crippen molar-refractivity contribution in [3.63, 3.8) is 0 Å². The van der Waals surface area contributed by atoms with E-state index in [9.17, 15) is 4.79 Å². The van der Waals surface area contributed by atoms with Gasteiger partial charge in [0.1, 0.15) is 0 Å². The van der Waals surface area contributed by atoms with Crippen molar-refractivity contribution in [1.82, 2.24) is 4.90 Å². The molecule has 23 heavy (non-hydrogen) atoms. The summed E-state index contributed by atoms with van der Waals surface area (Å²) < 4.78 is 0. The zero-order valence-corrected chi connectivity index (χ0v) is 13.7. The molecule has 1 fully saturated rings. The molecular formula is C20H24N2O. The number of amides is 1. The normalized spacial score (nSPS) is 18.6. The number of rotatable bonds is 4. The molecule has 1 aliphatic rings. The third-order valence-electron chi connectivity index (χ3n) is 4.44. The van der Waals surface area contributed by atoms with Gasteiger partial charge in [-0.3, -0.25) is 9.69 Å². The number of anilines is 1. The molecule has 0 radical (unpaired) electrons. The number of piperidine rings is 1. The van der Waals surface area contributed by atoms with E-state index in [2.05, 4.69) is 34.5 Å². The molecule has 1 saturated heterocycles. The fourth-order valence-corrected chi connectivity index (χ4v) is 3.14. The van der Waals surface area contributed by atoms with E-state index in [1.54, 1.807) is 0 Å². The van der Waals surface area contributed by atoms with Crippen molar-refractivity contribution in [2.24, 2.45) is 5.92 Å². The maximum atomic E-state index is 12.5. The van der Waals surface area contributed by atoms with Gasteiger partial charge in [-0.25, -0.2) is 0 Å². The molecule has 120 valence electrons. The van der Waals surface area contributed by atoms with E-state index in [1.165, 1.54) is 11.1 Å². The van der Waals surface area contributed by atoms with E-state index >= 15 is 0 Å². The molecule has 3 heteroatoms. The third kappa shape index (κ3) is 4.42. The van der Waals surface area contributed by atoms with Gasteiger partial charge >= 0.3 is 0 Å². The Morgan fingerprint density at radius 3 is 2.61 bits per heavy atom. The molecule has 0 unspecified atom stereocenters. The Labute approximate surface area is 138 Å². The van der Waals surface area contributed by atoms with Crippen LogP contribution < -0.4 is 5.32 Å². The highest BCUT2D eigenvalue weighted by Crippen LogP contribution is 2.20. The van der Waals surface area contributed by atoms with Gasteiger partial charge in [0.25, 0.3) is 0 Å². The minimum Gasteiger partial charge on any atom is -0.326 e. The van der Waals surface area contributed by atoms with Crippen LogP contribution in [0.25, 0.3) is 0 Å². The molecular weight excluding hydrogens is 284 g/mol. The summed E-state index contributed by atoms with van der Waals surface area (Å²) in [7, 11) is 0. The molecule has 1 N–H and O–H groups in total. The van der Waals surface area contributed by atoms with Crippen molar-refractivity contribution >= 4 is 11.6 Å². The van der Waals surface area contributed by atoms with Crippen molar-refractivity contribution in [2.75, 3.05) is 18.4 Å². The van der Waals surface area contributed by atoms with Gasteiger partial charge < -0.3 is 5.32 Å². The lowest BCUT2D eigenvalue weighted by Gasteiger charge is -2.32. The van der Waals surface area contributed by atoms with Gasteiger partial charge in [0.2, 0.25) is 5.91 Å². The second-order valence-electron chi connectivity index (χ2n) is 6.42. The highest BCUT2D eigenvalue weighted by atomic mass is 16.1. The first kappa shape index (κ1) is 15.8. The van der Waals surface area contributed by atoms with Crippen molar-refractivity contribution in [2.45, 2.75) is 26.3 Å². The number of likely N-dealkylation sites (tertiary alicyclic amines) is 1. The molecule has 0 spiro atoms. The first-order valence-electron chi connectivity index (χ1n) is 8.34. The van der Waals surface area contributed by atoms with Gasteiger partial charge in [0.05, 0.1) is 5.92 Å². The van der Waals surface area contributed by atoms with E-state index < -0.39 is 0 Å². The number of carbonyl (C=O) groups excluding carboxylic acids is 1. The van der Waals surface area contributed by atoms with Crippen LogP contribution in [-0.4, -0.2) is 23.9 Å². The van der Waals surface area contributed by atoms with Crippen LogP contribution in [-0.2, 0) is 11.3 Å². The molecule has 0 saturated carbocycles. The van der Waals surface area contributed by atoms with E-state index in [4.69, 9.17) is 0 Å². The number of nitrogens with one attached hydrogen (secondary N) is 1. The van der Waals surface area contributed by atoms with Crippen LogP contribution in [0, 0.1) is 12.8 Å². The predicted octanol–water partition coefficient (Wildman–Crippen LogP) is 3.85. The second-order valence-corrected chi connectivity index (χ2v) is 6.42. The van der Waals surface area contributed by atoms with Crippen molar-refractivity contribution in [3.05, 3.63) is 65.7 Å². The average molecular weight is 308 g/mol. The predicted molar refractivity (Wildman–Crippen MR) is 94.3 cm³/mol. The van der Waals surface area contributed by atoms with Crippen molar-refractivity contribution in [3.8, 4) is 0 Å². The summed E-state index contributed by atoms with van der Waals surface area (Å²) in [5, 5.41) is 3.06. The Balaban J connectivity index is 1.57. The van der Waals surface area contributed by atoms with E-state index in [-0.39, 0.29) is 11.8 Å². The molecule has 1 heterocycles. The molecule has 1 amide bonds. The smallest absolute Gasteiger partial charge is 0.228 e. The Kier molecular flexibility index (Phi) is 5.09. The summed E-state index contributed by atoms with van der Waals surface area (Å²) in [5.74, 6) is 0.223. The first-order valence-corrected chi connectivity index (χ1v) is 8.34. The lowest BCUT2D eigenvalue weighted by Crippen LogP contribution is -2.40. The number of carbonyl (C=O) groups is 1. The number of hydrogen-bond donors (Lipinski definition) is 1. The Hall–Kier alpha value is -2.13. The maximum Gasteiger partial charge on any atom is 0.228 e. The molecule has 3 rings (SSSR count). The summed E-state index contributed by atoms with van der Waals surface area (Å²) in [6, 6.07) is 18.5. The summed E-state index contributed by atoms with van der Waals surface area (Å²) in [6.45, 7) is 4.89. The standard InChI is InChI=1S/C20H24N2O/c1-16-9-11-19(12-10-16)21-20(23)18-8-5-13-22(15-18)14-17-6-3-2-4-7-17/h2-4,6-7,9-12,18H,5,8,13-15H2,1H3,(H,21,23)/t18-/m0/s1. The maximum absolute atomic E-state index is 12.5. The number of aryl methyl sites for hydroxylation is 1. The Morgan fingerprint density at radius 2 is 1.87 bits per heavy atom. The molecule has 0 aromatic heterocycles. The van der Waals surface area contributed by atoms with Gasteiger partial charge in [0, 0.05) is 18.8 Å². The van der Waals surface area contributed by atoms with Gasteiger partial charge in [-0.05, 0) is 44.0 Å². The lowest BCUT2D eigenvalue weighted by molar-refractivity contribution is -0.121. The number of nitrogens with zero attached hydrogens (tertiary/aromatic N) is 1. The average Bonchev–Trinajstić information content (AvgIpc) is 2.58. The molecule has 1 aliphatic heterocycles. The summed E-state index contributed by atoms with van der Waals surface area (Å²) in [4.78, 5) is 14.9. The molecule has 1 atom stereocenters. The zero-order valence-electron chi connectivity index (χ0n) is 13.7. The molecule has 2 aromatic carbocycles. The van der Waals surface area contributed by atoms with E-state index in [0.717, 1.165) is 38.2 Å². The van der Waals surface area contributed by atoms with Crippen LogP contribution in [0.3, 0.4) is 0 Å². The van der Waals surface area contributed by atoms with Crippen molar-refractivity contribution < 1.29 is 4.79 Å².